The quantitative estimate of drug-likeness (QED) is 0.862. The van der Waals surface area contributed by atoms with Gasteiger partial charge in [-0.25, -0.2) is 4.98 Å². The predicted molar refractivity (Wildman–Crippen MR) is 74.4 cm³/mol. The molecule has 0 aliphatic carbocycles. The summed E-state index contributed by atoms with van der Waals surface area (Å²) in [6.07, 6.45) is 6.00. The molecule has 0 aromatic carbocycles. The van der Waals surface area contributed by atoms with Crippen molar-refractivity contribution in [3.63, 3.8) is 0 Å². The van der Waals surface area contributed by atoms with Crippen molar-refractivity contribution in [1.29, 1.82) is 0 Å². The van der Waals surface area contributed by atoms with Gasteiger partial charge in [-0.05, 0) is 32.3 Å². The minimum atomic E-state index is 0.0697. The van der Waals surface area contributed by atoms with Gasteiger partial charge >= 0.3 is 0 Å². The minimum Gasteiger partial charge on any atom is -0.472 e. The number of carbonyl (C=O) groups is 1. The summed E-state index contributed by atoms with van der Waals surface area (Å²) in [6, 6.07) is 1.72. The van der Waals surface area contributed by atoms with Crippen LogP contribution in [0.25, 0.3) is 0 Å². The Balaban J connectivity index is 1.64. The van der Waals surface area contributed by atoms with Crippen LogP contribution in [0.15, 0.2) is 29.2 Å². The minimum absolute atomic E-state index is 0.0697. The Kier molecular flexibility index (Phi) is 3.34. The topological polar surface area (TPSA) is 51.3 Å². The summed E-state index contributed by atoms with van der Waals surface area (Å²) in [7, 11) is 0. The van der Waals surface area contributed by atoms with Gasteiger partial charge < -0.3 is 13.9 Å². The van der Waals surface area contributed by atoms with Crippen molar-refractivity contribution in [2.75, 3.05) is 13.1 Å². The number of carbonyl (C=O) groups excluding carboxylic acids is 1. The second-order valence-electron chi connectivity index (χ2n) is 5.48. The predicted octanol–water partition coefficient (Wildman–Crippen LogP) is 2.26. The summed E-state index contributed by atoms with van der Waals surface area (Å²) in [6.45, 7) is 6.66. The average molecular weight is 273 g/mol. The lowest BCUT2D eigenvalue weighted by atomic mass is 10.1. The maximum absolute atomic E-state index is 12.2. The Morgan fingerprint density at radius 3 is 3.00 bits per heavy atom. The van der Waals surface area contributed by atoms with E-state index in [9.17, 15) is 4.79 Å². The molecule has 1 saturated heterocycles. The lowest BCUT2D eigenvalue weighted by Crippen LogP contribution is -2.29. The van der Waals surface area contributed by atoms with Crippen LogP contribution < -0.4 is 0 Å². The van der Waals surface area contributed by atoms with E-state index in [1.807, 2.05) is 18.0 Å². The Hall–Kier alpha value is -2.04. The Labute approximate surface area is 118 Å². The molecule has 0 bridgehead atoms. The molecule has 1 aliphatic rings. The van der Waals surface area contributed by atoms with E-state index < -0.39 is 0 Å². The van der Waals surface area contributed by atoms with Gasteiger partial charge in [0, 0.05) is 31.5 Å². The molecule has 0 N–H and O–H groups in total. The molecule has 5 heteroatoms. The van der Waals surface area contributed by atoms with Gasteiger partial charge in [0.25, 0.3) is 5.91 Å². The van der Waals surface area contributed by atoms with Crippen LogP contribution in [0.1, 0.15) is 28.3 Å². The first kappa shape index (κ1) is 13.0. The molecular weight excluding hydrogens is 254 g/mol. The largest absolute Gasteiger partial charge is 0.472 e. The van der Waals surface area contributed by atoms with E-state index in [1.165, 1.54) is 12.0 Å². The number of imidazole rings is 1. The third-order valence-corrected chi connectivity index (χ3v) is 4.04. The first-order chi connectivity index (χ1) is 9.65. The van der Waals surface area contributed by atoms with Gasteiger partial charge in [0.15, 0.2) is 0 Å². The average Bonchev–Trinajstić information content (AvgIpc) is 3.15. The van der Waals surface area contributed by atoms with Crippen molar-refractivity contribution < 1.29 is 9.21 Å². The second kappa shape index (κ2) is 5.15. The van der Waals surface area contributed by atoms with Gasteiger partial charge in [0.1, 0.15) is 12.1 Å². The molecule has 0 radical (unpaired) electrons. The molecule has 2 aromatic heterocycles. The molecule has 0 saturated carbocycles. The number of furan rings is 1. The standard InChI is InChI=1S/C15H19N3O2/c1-11-7-16-12(2)18(11)9-13-3-5-17(8-13)15(19)14-4-6-20-10-14/h4,6-7,10,13H,3,5,8-9H2,1-2H3/t13-/m0/s1. The van der Waals surface area contributed by atoms with E-state index in [1.54, 1.807) is 12.3 Å². The number of aromatic nitrogens is 2. The lowest BCUT2D eigenvalue weighted by Gasteiger charge is -2.17. The van der Waals surface area contributed by atoms with Crippen molar-refractivity contribution in [3.8, 4) is 0 Å². The molecule has 1 aliphatic heterocycles. The van der Waals surface area contributed by atoms with Crippen LogP contribution >= 0.6 is 0 Å². The summed E-state index contributed by atoms with van der Waals surface area (Å²) in [5.74, 6) is 1.61. The number of aryl methyl sites for hydroxylation is 2. The molecule has 20 heavy (non-hydrogen) atoms. The van der Waals surface area contributed by atoms with Crippen molar-refractivity contribution >= 4 is 5.91 Å². The lowest BCUT2D eigenvalue weighted by molar-refractivity contribution is 0.0785. The van der Waals surface area contributed by atoms with Crippen LogP contribution in [0.5, 0.6) is 0 Å². The molecule has 0 unspecified atom stereocenters. The Bertz CT molecular complexity index is 581. The zero-order valence-electron chi connectivity index (χ0n) is 11.9. The van der Waals surface area contributed by atoms with Crippen molar-refractivity contribution in [3.05, 3.63) is 41.9 Å². The van der Waals surface area contributed by atoms with Crippen LogP contribution in [-0.4, -0.2) is 33.4 Å². The summed E-state index contributed by atoms with van der Waals surface area (Å²) in [5.41, 5.74) is 1.82. The molecule has 1 amide bonds. The second-order valence-corrected chi connectivity index (χ2v) is 5.48. The fraction of sp³-hybridized carbons (Fsp3) is 0.467. The molecule has 3 rings (SSSR count). The number of rotatable bonds is 3. The third-order valence-electron chi connectivity index (χ3n) is 4.04. The molecule has 3 heterocycles. The molecule has 106 valence electrons. The number of nitrogens with zero attached hydrogens (tertiary/aromatic N) is 3. The Morgan fingerprint density at radius 1 is 1.50 bits per heavy atom. The van der Waals surface area contributed by atoms with Crippen molar-refractivity contribution in [1.82, 2.24) is 14.5 Å². The zero-order chi connectivity index (χ0) is 14.1. The first-order valence-electron chi connectivity index (χ1n) is 6.95. The highest BCUT2D eigenvalue weighted by Crippen LogP contribution is 2.21. The fourth-order valence-corrected chi connectivity index (χ4v) is 2.85. The van der Waals surface area contributed by atoms with Crippen LogP contribution in [0, 0.1) is 19.8 Å². The van der Waals surface area contributed by atoms with E-state index in [2.05, 4.69) is 16.5 Å². The fourth-order valence-electron chi connectivity index (χ4n) is 2.85. The summed E-state index contributed by atoms with van der Waals surface area (Å²) in [4.78, 5) is 18.5. The van der Waals surface area contributed by atoms with Crippen molar-refractivity contribution in [2.24, 2.45) is 5.92 Å². The highest BCUT2D eigenvalue weighted by atomic mass is 16.3. The molecule has 5 nitrogen and oxygen atoms in total. The molecule has 2 aromatic rings. The van der Waals surface area contributed by atoms with Gasteiger partial charge in [0.2, 0.25) is 0 Å². The summed E-state index contributed by atoms with van der Waals surface area (Å²) in [5, 5.41) is 0. The zero-order valence-corrected chi connectivity index (χ0v) is 11.9. The number of hydrogen-bond acceptors (Lipinski definition) is 3. The maximum Gasteiger partial charge on any atom is 0.257 e. The van der Waals surface area contributed by atoms with Gasteiger partial charge in [-0.3, -0.25) is 4.79 Å². The smallest absolute Gasteiger partial charge is 0.257 e. The van der Waals surface area contributed by atoms with Gasteiger partial charge in [-0.2, -0.15) is 0 Å². The first-order valence-corrected chi connectivity index (χ1v) is 6.95. The maximum atomic E-state index is 12.2. The molecular formula is C15H19N3O2. The normalized spacial score (nSPS) is 18.7. The van der Waals surface area contributed by atoms with Gasteiger partial charge in [0.05, 0.1) is 11.8 Å². The summed E-state index contributed by atoms with van der Waals surface area (Å²) >= 11 is 0. The van der Waals surface area contributed by atoms with Crippen LogP contribution in [0.3, 0.4) is 0 Å². The van der Waals surface area contributed by atoms with Gasteiger partial charge in [-0.1, -0.05) is 0 Å². The molecule has 0 spiro atoms. The molecule has 1 atom stereocenters. The highest BCUT2D eigenvalue weighted by Gasteiger charge is 2.28. The highest BCUT2D eigenvalue weighted by molar-refractivity contribution is 5.93. The Morgan fingerprint density at radius 2 is 2.35 bits per heavy atom. The summed E-state index contributed by atoms with van der Waals surface area (Å²) < 4.78 is 7.21. The SMILES string of the molecule is Cc1cnc(C)n1C[C@H]1CCN(C(=O)c2ccoc2)C1. The van der Waals surface area contributed by atoms with E-state index >= 15 is 0 Å². The number of amides is 1. The van der Waals surface area contributed by atoms with Crippen LogP contribution in [0.2, 0.25) is 0 Å². The van der Waals surface area contributed by atoms with Crippen LogP contribution in [-0.2, 0) is 6.54 Å². The third kappa shape index (κ3) is 2.35. The monoisotopic (exact) mass is 273 g/mol. The van der Waals surface area contributed by atoms with E-state index in [-0.39, 0.29) is 5.91 Å². The van der Waals surface area contributed by atoms with Crippen LogP contribution in [0.4, 0.5) is 0 Å². The number of hydrogen-bond donors (Lipinski definition) is 0. The van der Waals surface area contributed by atoms with E-state index in [4.69, 9.17) is 4.42 Å². The van der Waals surface area contributed by atoms with Gasteiger partial charge in [-0.15, -0.1) is 0 Å². The van der Waals surface area contributed by atoms with Crippen molar-refractivity contribution in [2.45, 2.75) is 26.8 Å². The van der Waals surface area contributed by atoms with E-state index in [0.717, 1.165) is 31.9 Å². The van der Waals surface area contributed by atoms with E-state index in [0.29, 0.717) is 11.5 Å². The molecule has 1 fully saturated rings. The number of likely N-dealkylation sites (tertiary alicyclic amines) is 1.